The Morgan fingerprint density at radius 3 is 2.81 bits per heavy atom. The van der Waals surface area contributed by atoms with Crippen molar-refractivity contribution in [1.29, 1.82) is 0 Å². The highest BCUT2D eigenvalue weighted by molar-refractivity contribution is 7.89. The van der Waals surface area contributed by atoms with Crippen LogP contribution >= 0.6 is 0 Å². The second-order valence-electron chi connectivity index (χ2n) is 4.21. The predicted molar refractivity (Wildman–Crippen MR) is 75.0 cm³/mol. The lowest BCUT2D eigenvalue weighted by Crippen LogP contribution is -2.43. The topological polar surface area (TPSA) is 106 Å². The summed E-state index contributed by atoms with van der Waals surface area (Å²) < 4.78 is 31.3. The summed E-state index contributed by atoms with van der Waals surface area (Å²) in [6.07, 6.45) is 1.55. The molecular formula is C13H14N2O5S. The van der Waals surface area contributed by atoms with Crippen molar-refractivity contribution in [3.63, 3.8) is 0 Å². The van der Waals surface area contributed by atoms with E-state index in [-0.39, 0.29) is 4.90 Å². The number of esters is 1. The lowest BCUT2D eigenvalue weighted by molar-refractivity contribution is -0.143. The number of nitrogens with one attached hydrogen (secondary N) is 1. The minimum Gasteiger partial charge on any atom is -0.468 e. The monoisotopic (exact) mass is 310 g/mol. The van der Waals surface area contributed by atoms with E-state index in [1.165, 1.54) is 6.07 Å². The molecule has 1 aromatic heterocycles. The molecule has 0 bridgehead atoms. The molecule has 0 amide bonds. The van der Waals surface area contributed by atoms with Crippen LogP contribution in [0.15, 0.2) is 41.4 Å². The number of aromatic nitrogens is 1. The van der Waals surface area contributed by atoms with Crippen molar-refractivity contribution >= 4 is 26.9 Å². The van der Waals surface area contributed by atoms with Gasteiger partial charge in [-0.3, -0.25) is 9.78 Å². The van der Waals surface area contributed by atoms with Gasteiger partial charge < -0.3 is 9.84 Å². The van der Waals surface area contributed by atoms with E-state index >= 15 is 0 Å². The number of hydrogen-bond donors (Lipinski definition) is 2. The summed E-state index contributed by atoms with van der Waals surface area (Å²) in [4.78, 5) is 15.4. The average molecular weight is 310 g/mol. The molecule has 1 heterocycles. The van der Waals surface area contributed by atoms with E-state index in [1.807, 2.05) is 0 Å². The first-order valence-electron chi connectivity index (χ1n) is 6.04. The molecule has 112 valence electrons. The molecule has 8 heteroatoms. The van der Waals surface area contributed by atoms with Gasteiger partial charge in [0.25, 0.3) is 0 Å². The first-order chi connectivity index (χ1) is 9.99. The van der Waals surface area contributed by atoms with Gasteiger partial charge in [0, 0.05) is 11.6 Å². The molecule has 1 unspecified atom stereocenters. The summed E-state index contributed by atoms with van der Waals surface area (Å²) in [5, 5.41) is 9.54. The number of methoxy groups -OCH3 is 1. The van der Waals surface area contributed by atoms with Crippen LogP contribution in [0.4, 0.5) is 0 Å². The minimum atomic E-state index is -4.00. The number of nitrogens with zero attached hydrogens (tertiary/aromatic N) is 1. The van der Waals surface area contributed by atoms with Gasteiger partial charge in [-0.25, -0.2) is 8.42 Å². The molecule has 1 atom stereocenters. The van der Waals surface area contributed by atoms with Gasteiger partial charge in [-0.1, -0.05) is 6.07 Å². The number of ether oxygens (including phenoxy) is 1. The Kier molecular flexibility index (Phi) is 4.51. The maximum absolute atomic E-state index is 12.4. The van der Waals surface area contributed by atoms with Crippen molar-refractivity contribution in [2.24, 2.45) is 0 Å². The molecule has 1 aromatic carbocycles. The Morgan fingerprint density at radius 2 is 2.14 bits per heavy atom. The zero-order valence-electron chi connectivity index (χ0n) is 11.2. The van der Waals surface area contributed by atoms with E-state index < -0.39 is 28.6 Å². The summed E-state index contributed by atoms with van der Waals surface area (Å²) in [5.74, 6) is -0.862. The van der Waals surface area contributed by atoms with Crippen LogP contribution in [0.5, 0.6) is 0 Å². The third-order valence-corrected chi connectivity index (χ3v) is 4.39. The van der Waals surface area contributed by atoms with E-state index in [0.29, 0.717) is 10.9 Å². The van der Waals surface area contributed by atoms with Crippen LogP contribution in [0.2, 0.25) is 0 Å². The minimum absolute atomic E-state index is 0.0181. The van der Waals surface area contributed by atoms with E-state index in [9.17, 15) is 13.2 Å². The summed E-state index contributed by atoms with van der Waals surface area (Å²) >= 11 is 0. The van der Waals surface area contributed by atoms with Crippen LogP contribution < -0.4 is 4.72 Å². The molecule has 2 rings (SSSR count). The van der Waals surface area contributed by atoms with Gasteiger partial charge in [-0.05, 0) is 24.3 Å². The largest absolute Gasteiger partial charge is 0.468 e. The second kappa shape index (κ2) is 6.17. The molecule has 0 aliphatic rings. The van der Waals surface area contributed by atoms with Crippen LogP contribution in [0.25, 0.3) is 10.9 Å². The Morgan fingerprint density at radius 1 is 1.38 bits per heavy atom. The number of carbonyl (C=O) groups excluding carboxylic acids is 1. The zero-order chi connectivity index (χ0) is 15.5. The predicted octanol–water partition coefficient (Wildman–Crippen LogP) is 0.0470. The fourth-order valence-corrected chi connectivity index (χ4v) is 3.25. The van der Waals surface area contributed by atoms with Crippen molar-refractivity contribution in [3.05, 3.63) is 36.5 Å². The van der Waals surface area contributed by atoms with Gasteiger partial charge >= 0.3 is 5.97 Å². The maximum atomic E-state index is 12.4. The Hall–Kier alpha value is -2.03. The number of hydrogen-bond acceptors (Lipinski definition) is 6. The summed E-state index contributed by atoms with van der Waals surface area (Å²) in [7, 11) is -2.89. The highest BCUT2D eigenvalue weighted by Crippen LogP contribution is 2.21. The Bertz CT molecular complexity index is 755. The number of pyridine rings is 1. The highest BCUT2D eigenvalue weighted by Gasteiger charge is 2.26. The molecule has 0 aliphatic carbocycles. The van der Waals surface area contributed by atoms with Gasteiger partial charge in [0.2, 0.25) is 10.0 Å². The van der Waals surface area contributed by atoms with Gasteiger partial charge in [0.1, 0.15) is 6.04 Å². The van der Waals surface area contributed by atoms with E-state index in [2.05, 4.69) is 14.4 Å². The summed E-state index contributed by atoms with van der Waals surface area (Å²) in [6, 6.07) is 6.51. The third-order valence-electron chi connectivity index (χ3n) is 2.86. The standard InChI is InChI=1S/C13H14N2O5S/c1-20-13(17)11(8-16)15-21(18,19)12-6-2-5-10-9(12)4-3-7-14-10/h2-7,11,15-16H,8H2,1H3. The number of aliphatic hydroxyl groups is 1. The highest BCUT2D eigenvalue weighted by atomic mass is 32.2. The zero-order valence-corrected chi connectivity index (χ0v) is 12.0. The van der Waals surface area contributed by atoms with Crippen molar-refractivity contribution in [2.75, 3.05) is 13.7 Å². The second-order valence-corrected chi connectivity index (χ2v) is 5.89. The molecular weight excluding hydrogens is 296 g/mol. The fraction of sp³-hybridized carbons (Fsp3) is 0.231. The summed E-state index contributed by atoms with van der Waals surface area (Å²) in [5.41, 5.74) is 0.513. The van der Waals surface area contributed by atoms with E-state index in [0.717, 1.165) is 7.11 Å². The molecule has 0 fully saturated rings. The molecule has 0 spiro atoms. The lowest BCUT2D eigenvalue weighted by Gasteiger charge is -2.15. The van der Waals surface area contributed by atoms with Crippen molar-refractivity contribution in [3.8, 4) is 0 Å². The van der Waals surface area contributed by atoms with Gasteiger partial charge in [-0.15, -0.1) is 0 Å². The maximum Gasteiger partial charge on any atom is 0.326 e. The molecule has 21 heavy (non-hydrogen) atoms. The molecule has 0 aliphatic heterocycles. The van der Waals surface area contributed by atoms with Gasteiger partial charge in [0.15, 0.2) is 0 Å². The number of rotatable bonds is 5. The Labute approximate surface area is 121 Å². The number of benzene rings is 1. The normalized spacial score (nSPS) is 13.0. The fourth-order valence-electron chi connectivity index (χ4n) is 1.86. The summed E-state index contributed by atoms with van der Waals surface area (Å²) in [6.45, 7) is -0.699. The first-order valence-corrected chi connectivity index (χ1v) is 7.52. The molecule has 7 nitrogen and oxygen atoms in total. The number of aliphatic hydroxyl groups excluding tert-OH is 1. The van der Waals surface area contributed by atoms with Crippen molar-refractivity contribution < 1.29 is 23.1 Å². The average Bonchev–Trinajstić information content (AvgIpc) is 2.51. The van der Waals surface area contributed by atoms with Gasteiger partial charge in [-0.2, -0.15) is 4.72 Å². The molecule has 2 aromatic rings. The SMILES string of the molecule is COC(=O)C(CO)NS(=O)(=O)c1cccc2ncccc12. The van der Waals surface area contributed by atoms with Crippen molar-refractivity contribution in [2.45, 2.75) is 10.9 Å². The van der Waals surface area contributed by atoms with Crippen LogP contribution in [0.1, 0.15) is 0 Å². The van der Waals surface area contributed by atoms with E-state index in [1.54, 1.807) is 30.5 Å². The Balaban J connectivity index is 2.45. The first kappa shape index (κ1) is 15.4. The number of fused-ring (bicyclic) bond motifs is 1. The number of sulfonamides is 1. The molecule has 0 saturated heterocycles. The quantitative estimate of drug-likeness (QED) is 0.756. The van der Waals surface area contributed by atoms with Crippen LogP contribution in [0, 0.1) is 0 Å². The number of carbonyl (C=O) groups is 1. The molecule has 0 radical (unpaired) electrons. The molecule has 0 saturated carbocycles. The van der Waals surface area contributed by atoms with E-state index in [4.69, 9.17) is 5.11 Å². The lowest BCUT2D eigenvalue weighted by atomic mass is 10.2. The van der Waals surface area contributed by atoms with Crippen LogP contribution in [-0.2, 0) is 19.6 Å². The molecule has 2 N–H and O–H groups in total. The van der Waals surface area contributed by atoms with Crippen molar-refractivity contribution in [1.82, 2.24) is 9.71 Å². The third kappa shape index (κ3) is 3.18. The smallest absolute Gasteiger partial charge is 0.326 e. The van der Waals surface area contributed by atoms with Gasteiger partial charge in [0.05, 0.1) is 24.1 Å². The van der Waals surface area contributed by atoms with Crippen LogP contribution in [0.3, 0.4) is 0 Å². The van der Waals surface area contributed by atoms with Crippen LogP contribution in [-0.4, -0.2) is 44.2 Å².